The van der Waals surface area contributed by atoms with Gasteiger partial charge in [0.05, 0.1) is 6.61 Å². The fourth-order valence-electron chi connectivity index (χ4n) is 5.39. The van der Waals surface area contributed by atoms with E-state index in [9.17, 15) is 4.57 Å². The molecular formula is C24H45N2O2P. The van der Waals surface area contributed by atoms with E-state index in [1.807, 2.05) is 28.2 Å². The zero-order valence-corrected chi connectivity index (χ0v) is 21.3. The molecule has 0 spiro atoms. The molecule has 0 saturated heterocycles. The van der Waals surface area contributed by atoms with Crippen molar-refractivity contribution in [3.05, 3.63) is 23.3 Å². The third-order valence-corrected chi connectivity index (χ3v) is 10.5. The number of rotatable bonds is 8. The third-order valence-electron chi connectivity index (χ3n) is 8.04. The van der Waals surface area contributed by atoms with Crippen molar-refractivity contribution in [2.45, 2.75) is 73.1 Å². The van der Waals surface area contributed by atoms with Gasteiger partial charge in [0, 0.05) is 0 Å². The SMILES string of the molecule is C/C=C(\C)CC[C@]1(C)C2=CCC[C@](C)(COP(=O)(N(C)C)N(C)C)[C@H]2CC[C@H]1C. The van der Waals surface area contributed by atoms with E-state index in [1.165, 1.54) is 31.3 Å². The molecule has 0 aromatic carbocycles. The van der Waals surface area contributed by atoms with Gasteiger partial charge in [-0.25, -0.2) is 9.34 Å². The van der Waals surface area contributed by atoms with Crippen molar-refractivity contribution in [3.63, 3.8) is 0 Å². The van der Waals surface area contributed by atoms with Crippen LogP contribution in [0.15, 0.2) is 23.3 Å². The summed E-state index contributed by atoms with van der Waals surface area (Å²) < 4.78 is 23.1. The molecular weight excluding hydrogens is 379 g/mol. The topological polar surface area (TPSA) is 32.8 Å². The average molecular weight is 425 g/mol. The summed E-state index contributed by atoms with van der Waals surface area (Å²) in [6.45, 7) is 12.3. The Bertz CT molecular complexity index is 672. The molecule has 1 saturated carbocycles. The first kappa shape index (κ1) is 24.9. The van der Waals surface area contributed by atoms with Gasteiger partial charge >= 0.3 is 7.67 Å². The molecule has 168 valence electrons. The molecule has 0 bridgehead atoms. The van der Waals surface area contributed by atoms with Crippen molar-refractivity contribution in [1.29, 1.82) is 0 Å². The standard InChI is InChI=1S/C24H45N2O2P/c1-10-19(2)15-17-24(5)20(3)13-14-21-22(24)12-11-16-23(21,4)18-28-29(27,25(6)7)26(8)9/h10,12,20-21H,11,13-18H2,1-9H3/b19-10+/t20-,21+,23-,24+/m1/s1. The predicted octanol–water partition coefficient (Wildman–Crippen LogP) is 6.76. The van der Waals surface area contributed by atoms with Gasteiger partial charge in [-0.15, -0.1) is 0 Å². The Morgan fingerprint density at radius 2 is 1.86 bits per heavy atom. The van der Waals surface area contributed by atoms with Gasteiger partial charge in [0.15, 0.2) is 0 Å². The largest absolute Gasteiger partial charge is 0.345 e. The van der Waals surface area contributed by atoms with Crippen molar-refractivity contribution in [1.82, 2.24) is 9.34 Å². The Labute approximate surface area is 180 Å². The number of nitrogens with zero attached hydrogens (tertiary/aromatic N) is 2. The van der Waals surface area contributed by atoms with Crippen LogP contribution in [0, 0.1) is 22.7 Å². The fourth-order valence-corrected chi connectivity index (χ4v) is 7.03. The van der Waals surface area contributed by atoms with Gasteiger partial charge in [0.2, 0.25) is 0 Å². The maximum absolute atomic E-state index is 13.4. The highest BCUT2D eigenvalue weighted by atomic mass is 31.2. The molecule has 5 heteroatoms. The van der Waals surface area contributed by atoms with Crippen LogP contribution in [0.25, 0.3) is 0 Å². The normalized spacial score (nSPS) is 33.8. The zero-order chi connectivity index (χ0) is 22.0. The van der Waals surface area contributed by atoms with E-state index in [4.69, 9.17) is 4.52 Å². The Morgan fingerprint density at radius 1 is 1.24 bits per heavy atom. The number of hydrogen-bond donors (Lipinski definition) is 0. The quantitative estimate of drug-likeness (QED) is 0.318. The average Bonchev–Trinajstić information content (AvgIpc) is 2.67. The van der Waals surface area contributed by atoms with E-state index in [1.54, 1.807) is 14.9 Å². The highest BCUT2D eigenvalue weighted by Gasteiger charge is 2.50. The molecule has 4 nitrogen and oxygen atoms in total. The molecule has 0 heterocycles. The lowest BCUT2D eigenvalue weighted by molar-refractivity contribution is 0.0304. The smallest absolute Gasteiger partial charge is 0.305 e. The predicted molar refractivity (Wildman–Crippen MR) is 125 cm³/mol. The third kappa shape index (κ3) is 4.92. The molecule has 0 aromatic heterocycles. The van der Waals surface area contributed by atoms with E-state index in [0.717, 1.165) is 12.8 Å². The summed E-state index contributed by atoms with van der Waals surface area (Å²) in [5.74, 6) is 1.23. The van der Waals surface area contributed by atoms with Crippen LogP contribution >= 0.6 is 7.67 Å². The maximum Gasteiger partial charge on any atom is 0.345 e. The molecule has 4 atom stereocenters. The van der Waals surface area contributed by atoms with Gasteiger partial charge in [0.25, 0.3) is 0 Å². The van der Waals surface area contributed by atoms with E-state index < -0.39 is 7.67 Å². The Kier molecular flexibility index (Phi) is 8.04. The second kappa shape index (κ2) is 9.39. The minimum absolute atomic E-state index is 0.0444. The summed E-state index contributed by atoms with van der Waals surface area (Å²) in [6, 6.07) is 0. The molecule has 29 heavy (non-hydrogen) atoms. The fraction of sp³-hybridized carbons (Fsp3) is 0.833. The van der Waals surface area contributed by atoms with Crippen molar-refractivity contribution in [2.24, 2.45) is 22.7 Å². The minimum atomic E-state index is -2.95. The lowest BCUT2D eigenvalue weighted by atomic mass is 9.51. The highest BCUT2D eigenvalue weighted by molar-refractivity contribution is 7.53. The summed E-state index contributed by atoms with van der Waals surface area (Å²) in [5, 5.41) is 0. The molecule has 0 amide bonds. The van der Waals surface area contributed by atoms with Gasteiger partial charge < -0.3 is 4.52 Å². The molecule has 2 aliphatic rings. The summed E-state index contributed by atoms with van der Waals surface area (Å²) in [7, 11) is 4.43. The van der Waals surface area contributed by atoms with E-state index >= 15 is 0 Å². The van der Waals surface area contributed by atoms with Crippen LogP contribution in [0.4, 0.5) is 0 Å². The van der Waals surface area contributed by atoms with Crippen LogP contribution in [0.1, 0.15) is 73.1 Å². The zero-order valence-electron chi connectivity index (χ0n) is 20.4. The molecule has 1 fully saturated rings. The van der Waals surface area contributed by atoms with Gasteiger partial charge in [0.1, 0.15) is 0 Å². The van der Waals surface area contributed by atoms with Crippen LogP contribution in [0.5, 0.6) is 0 Å². The number of fused-ring (bicyclic) bond motifs is 1. The van der Waals surface area contributed by atoms with Crippen LogP contribution in [-0.4, -0.2) is 44.1 Å². The van der Waals surface area contributed by atoms with Gasteiger partial charge in [-0.2, -0.15) is 0 Å². The van der Waals surface area contributed by atoms with Crippen molar-refractivity contribution >= 4 is 7.67 Å². The first-order valence-corrected chi connectivity index (χ1v) is 12.9. The van der Waals surface area contributed by atoms with E-state index in [-0.39, 0.29) is 10.8 Å². The number of hydrogen-bond acceptors (Lipinski definition) is 2. The van der Waals surface area contributed by atoms with Crippen molar-refractivity contribution in [3.8, 4) is 0 Å². The molecule has 0 aromatic rings. The van der Waals surface area contributed by atoms with Gasteiger partial charge in [-0.05, 0) is 103 Å². The van der Waals surface area contributed by atoms with Crippen molar-refractivity contribution < 1.29 is 9.09 Å². The molecule has 2 rings (SSSR count). The molecule has 0 N–H and O–H groups in total. The first-order valence-electron chi connectivity index (χ1n) is 11.3. The Balaban J connectivity index is 2.26. The monoisotopic (exact) mass is 424 g/mol. The summed E-state index contributed by atoms with van der Waals surface area (Å²) >= 11 is 0. The highest BCUT2D eigenvalue weighted by Crippen LogP contribution is 2.60. The molecule has 0 radical (unpaired) electrons. The molecule has 0 aliphatic heterocycles. The lowest BCUT2D eigenvalue weighted by Crippen LogP contribution is -2.46. The van der Waals surface area contributed by atoms with Crippen LogP contribution in [0.2, 0.25) is 0 Å². The minimum Gasteiger partial charge on any atom is -0.305 e. The van der Waals surface area contributed by atoms with Crippen LogP contribution in [0.3, 0.4) is 0 Å². The second-order valence-electron chi connectivity index (χ2n) is 10.4. The first-order chi connectivity index (χ1) is 13.4. The van der Waals surface area contributed by atoms with E-state index in [0.29, 0.717) is 18.4 Å². The molecule has 2 aliphatic carbocycles. The number of allylic oxidation sites excluding steroid dienone is 4. The van der Waals surface area contributed by atoms with Crippen LogP contribution in [-0.2, 0) is 9.09 Å². The van der Waals surface area contributed by atoms with Crippen molar-refractivity contribution in [2.75, 3.05) is 34.8 Å². The lowest BCUT2D eigenvalue weighted by Gasteiger charge is -2.54. The van der Waals surface area contributed by atoms with E-state index in [2.05, 4.69) is 46.8 Å². The molecule has 0 unspecified atom stereocenters. The van der Waals surface area contributed by atoms with Gasteiger partial charge in [-0.1, -0.05) is 44.1 Å². The Morgan fingerprint density at radius 3 is 2.41 bits per heavy atom. The summed E-state index contributed by atoms with van der Waals surface area (Å²) in [4.78, 5) is 0. The van der Waals surface area contributed by atoms with Gasteiger partial charge in [-0.3, -0.25) is 4.57 Å². The maximum atomic E-state index is 13.4. The second-order valence-corrected chi connectivity index (χ2v) is 13.2. The Hall–Kier alpha value is -0.410. The summed E-state index contributed by atoms with van der Waals surface area (Å²) in [5.41, 5.74) is 3.44. The van der Waals surface area contributed by atoms with Crippen LogP contribution < -0.4 is 0 Å². The summed E-state index contributed by atoms with van der Waals surface area (Å²) in [6.07, 6.45) is 11.9.